The SMILES string of the molecule is CC1(CO)CCCC1NC(=O)c1nc2ccccc2s1. The molecule has 2 atom stereocenters. The first-order chi connectivity index (χ1) is 9.62. The minimum atomic E-state index is -0.202. The van der Waals surface area contributed by atoms with Gasteiger partial charge >= 0.3 is 0 Å². The molecular weight excluding hydrogens is 272 g/mol. The number of benzene rings is 1. The van der Waals surface area contributed by atoms with Crippen LogP contribution >= 0.6 is 11.3 Å². The molecule has 1 saturated carbocycles. The number of nitrogens with zero attached hydrogens (tertiary/aromatic N) is 1. The Labute approximate surface area is 121 Å². The minimum Gasteiger partial charge on any atom is -0.396 e. The zero-order chi connectivity index (χ0) is 14.2. The third kappa shape index (κ3) is 2.31. The highest BCUT2D eigenvalue weighted by molar-refractivity contribution is 7.20. The Hall–Kier alpha value is -1.46. The van der Waals surface area contributed by atoms with Gasteiger partial charge in [-0.3, -0.25) is 4.79 Å². The van der Waals surface area contributed by atoms with E-state index in [0.29, 0.717) is 5.01 Å². The van der Waals surface area contributed by atoms with E-state index in [-0.39, 0.29) is 24.0 Å². The number of carbonyl (C=O) groups excluding carboxylic acids is 1. The highest BCUT2D eigenvalue weighted by atomic mass is 32.1. The van der Waals surface area contributed by atoms with Gasteiger partial charge in [0.15, 0.2) is 5.01 Å². The second-order valence-electron chi connectivity index (χ2n) is 5.72. The molecule has 3 rings (SSSR count). The highest BCUT2D eigenvalue weighted by Crippen LogP contribution is 2.37. The van der Waals surface area contributed by atoms with Crippen LogP contribution in [0.15, 0.2) is 24.3 Å². The summed E-state index contributed by atoms with van der Waals surface area (Å²) in [5, 5.41) is 13.1. The quantitative estimate of drug-likeness (QED) is 0.913. The number of aromatic nitrogens is 1. The Kier molecular flexibility index (Phi) is 3.48. The third-order valence-electron chi connectivity index (χ3n) is 4.24. The lowest BCUT2D eigenvalue weighted by atomic mass is 9.86. The number of thiazole rings is 1. The van der Waals surface area contributed by atoms with E-state index in [9.17, 15) is 9.90 Å². The molecule has 0 saturated heterocycles. The molecule has 2 N–H and O–H groups in total. The highest BCUT2D eigenvalue weighted by Gasteiger charge is 2.39. The van der Waals surface area contributed by atoms with Crippen molar-refractivity contribution in [1.29, 1.82) is 0 Å². The number of carbonyl (C=O) groups is 1. The van der Waals surface area contributed by atoms with E-state index >= 15 is 0 Å². The number of fused-ring (bicyclic) bond motifs is 1. The molecule has 0 radical (unpaired) electrons. The summed E-state index contributed by atoms with van der Waals surface area (Å²) in [7, 11) is 0. The van der Waals surface area contributed by atoms with Gasteiger partial charge in [-0.05, 0) is 25.0 Å². The lowest BCUT2D eigenvalue weighted by molar-refractivity contribution is 0.0830. The van der Waals surface area contributed by atoms with Crippen LogP contribution in [0.4, 0.5) is 0 Å². The Morgan fingerprint density at radius 2 is 2.35 bits per heavy atom. The van der Waals surface area contributed by atoms with Crippen LogP contribution in [-0.4, -0.2) is 28.6 Å². The monoisotopic (exact) mass is 290 g/mol. The number of rotatable bonds is 3. The van der Waals surface area contributed by atoms with E-state index < -0.39 is 0 Å². The van der Waals surface area contributed by atoms with E-state index in [1.165, 1.54) is 11.3 Å². The number of para-hydroxylation sites is 1. The molecule has 106 valence electrons. The first-order valence-corrected chi connectivity index (χ1v) is 7.71. The summed E-state index contributed by atoms with van der Waals surface area (Å²) < 4.78 is 1.02. The number of hydrogen-bond acceptors (Lipinski definition) is 4. The van der Waals surface area contributed by atoms with Gasteiger partial charge in [-0.15, -0.1) is 11.3 Å². The van der Waals surface area contributed by atoms with Crippen LogP contribution in [0.5, 0.6) is 0 Å². The van der Waals surface area contributed by atoms with Crippen molar-refractivity contribution in [3.05, 3.63) is 29.3 Å². The molecule has 2 unspecified atom stereocenters. The zero-order valence-corrected chi connectivity index (χ0v) is 12.2. The molecule has 0 bridgehead atoms. The molecule has 4 nitrogen and oxygen atoms in total. The molecule has 5 heteroatoms. The van der Waals surface area contributed by atoms with E-state index in [1.807, 2.05) is 31.2 Å². The van der Waals surface area contributed by atoms with E-state index in [4.69, 9.17) is 0 Å². The molecule has 1 aromatic carbocycles. The molecule has 0 spiro atoms. The number of hydrogen-bond donors (Lipinski definition) is 2. The Balaban J connectivity index is 1.79. The summed E-state index contributed by atoms with van der Waals surface area (Å²) in [5.74, 6) is -0.127. The fourth-order valence-electron chi connectivity index (χ4n) is 2.86. The summed E-state index contributed by atoms with van der Waals surface area (Å²) >= 11 is 1.41. The van der Waals surface area contributed by atoms with Gasteiger partial charge in [0.2, 0.25) is 0 Å². The first-order valence-electron chi connectivity index (χ1n) is 6.90. The molecule has 1 heterocycles. The van der Waals surface area contributed by atoms with Gasteiger partial charge in [0.05, 0.1) is 16.8 Å². The molecule has 1 amide bonds. The molecule has 1 fully saturated rings. The van der Waals surface area contributed by atoms with Crippen molar-refractivity contribution in [1.82, 2.24) is 10.3 Å². The van der Waals surface area contributed by atoms with Crippen molar-refractivity contribution in [2.24, 2.45) is 5.41 Å². The minimum absolute atomic E-state index is 0.0343. The van der Waals surface area contributed by atoms with Gasteiger partial charge in [-0.1, -0.05) is 25.5 Å². The van der Waals surface area contributed by atoms with Crippen molar-refractivity contribution in [2.45, 2.75) is 32.2 Å². The summed E-state index contributed by atoms with van der Waals surface area (Å²) in [4.78, 5) is 16.7. The topological polar surface area (TPSA) is 62.2 Å². The van der Waals surface area contributed by atoms with Crippen LogP contribution in [0.2, 0.25) is 0 Å². The maximum absolute atomic E-state index is 12.3. The fraction of sp³-hybridized carbons (Fsp3) is 0.467. The molecule has 1 aromatic heterocycles. The average Bonchev–Trinajstić information content (AvgIpc) is 3.04. The van der Waals surface area contributed by atoms with Crippen molar-refractivity contribution < 1.29 is 9.90 Å². The Bertz CT molecular complexity index is 607. The predicted molar refractivity (Wildman–Crippen MR) is 79.9 cm³/mol. The molecule has 1 aliphatic rings. The van der Waals surface area contributed by atoms with Crippen molar-refractivity contribution in [3.8, 4) is 0 Å². The molecular formula is C15H18N2O2S. The Morgan fingerprint density at radius 3 is 3.10 bits per heavy atom. The zero-order valence-electron chi connectivity index (χ0n) is 11.4. The molecule has 20 heavy (non-hydrogen) atoms. The van der Waals surface area contributed by atoms with Crippen molar-refractivity contribution in [2.75, 3.05) is 6.61 Å². The lowest BCUT2D eigenvalue weighted by Crippen LogP contribution is -2.44. The van der Waals surface area contributed by atoms with Crippen LogP contribution in [-0.2, 0) is 0 Å². The first kappa shape index (κ1) is 13.5. The molecule has 0 aliphatic heterocycles. The summed E-state index contributed by atoms with van der Waals surface area (Å²) in [6.45, 7) is 2.14. The summed E-state index contributed by atoms with van der Waals surface area (Å²) in [6.07, 6.45) is 2.92. The average molecular weight is 290 g/mol. The molecule has 1 aliphatic carbocycles. The normalized spacial score (nSPS) is 26.0. The largest absolute Gasteiger partial charge is 0.396 e. The smallest absolute Gasteiger partial charge is 0.280 e. The van der Waals surface area contributed by atoms with E-state index in [1.54, 1.807) is 0 Å². The van der Waals surface area contributed by atoms with Crippen LogP contribution < -0.4 is 5.32 Å². The van der Waals surface area contributed by atoms with E-state index in [0.717, 1.165) is 29.5 Å². The Morgan fingerprint density at radius 1 is 1.55 bits per heavy atom. The van der Waals surface area contributed by atoms with Crippen LogP contribution in [0, 0.1) is 5.41 Å². The maximum atomic E-state index is 12.3. The number of amides is 1. The number of nitrogens with one attached hydrogen (secondary N) is 1. The second-order valence-corrected chi connectivity index (χ2v) is 6.75. The maximum Gasteiger partial charge on any atom is 0.280 e. The summed E-state index contributed by atoms with van der Waals surface area (Å²) in [6, 6.07) is 7.78. The van der Waals surface area contributed by atoms with Crippen LogP contribution in [0.1, 0.15) is 36.0 Å². The second kappa shape index (κ2) is 5.14. The van der Waals surface area contributed by atoms with Gasteiger partial charge in [0.1, 0.15) is 0 Å². The van der Waals surface area contributed by atoms with Gasteiger partial charge in [0, 0.05) is 11.5 Å². The van der Waals surface area contributed by atoms with Crippen molar-refractivity contribution in [3.63, 3.8) is 0 Å². The number of aliphatic hydroxyl groups is 1. The van der Waals surface area contributed by atoms with Crippen LogP contribution in [0.3, 0.4) is 0 Å². The number of aliphatic hydroxyl groups excluding tert-OH is 1. The van der Waals surface area contributed by atoms with E-state index in [2.05, 4.69) is 10.3 Å². The van der Waals surface area contributed by atoms with Crippen molar-refractivity contribution >= 4 is 27.5 Å². The molecule has 2 aromatic rings. The van der Waals surface area contributed by atoms with Gasteiger partial charge in [-0.25, -0.2) is 4.98 Å². The summed E-state index contributed by atoms with van der Waals surface area (Å²) in [5.41, 5.74) is 0.658. The van der Waals surface area contributed by atoms with Gasteiger partial charge in [-0.2, -0.15) is 0 Å². The fourth-order valence-corrected chi connectivity index (χ4v) is 3.73. The lowest BCUT2D eigenvalue weighted by Gasteiger charge is -2.29. The standard InChI is InChI=1S/C15H18N2O2S/c1-15(9-18)8-4-7-12(15)17-13(19)14-16-10-5-2-3-6-11(10)20-14/h2-3,5-6,12,18H,4,7-9H2,1H3,(H,17,19). The van der Waals surface area contributed by atoms with Crippen LogP contribution in [0.25, 0.3) is 10.2 Å². The third-order valence-corrected chi connectivity index (χ3v) is 5.27. The van der Waals surface area contributed by atoms with Gasteiger partial charge < -0.3 is 10.4 Å². The predicted octanol–water partition coefficient (Wildman–Crippen LogP) is 2.58. The van der Waals surface area contributed by atoms with Gasteiger partial charge in [0.25, 0.3) is 5.91 Å².